The van der Waals surface area contributed by atoms with Crippen molar-refractivity contribution in [3.8, 4) is 0 Å². The molecule has 3 nitrogen and oxygen atoms in total. The third kappa shape index (κ3) is 5.91. The summed E-state index contributed by atoms with van der Waals surface area (Å²) in [4.78, 5) is 11.3. The average Bonchev–Trinajstić information content (AvgIpc) is 2.27. The minimum Gasteiger partial charge on any atom is -0.396 e. The average molecular weight is 227 g/mol. The van der Waals surface area contributed by atoms with E-state index in [-0.39, 0.29) is 18.4 Å². The number of carbonyl (C=O) groups is 1. The number of allylic oxidation sites excluding steroid dienone is 1. The van der Waals surface area contributed by atoms with Gasteiger partial charge in [-0.2, -0.15) is 0 Å². The summed E-state index contributed by atoms with van der Waals surface area (Å²) >= 11 is 0. The van der Waals surface area contributed by atoms with Crippen LogP contribution in [0.25, 0.3) is 0 Å². The topological polar surface area (TPSA) is 63.3 Å². The monoisotopic (exact) mass is 227 g/mol. The molecule has 0 fully saturated rings. The third-order valence-electron chi connectivity index (χ3n) is 2.77. The zero-order valence-electron chi connectivity index (χ0n) is 10.5. The van der Waals surface area contributed by atoms with Crippen LogP contribution in [0.15, 0.2) is 11.6 Å². The van der Waals surface area contributed by atoms with Gasteiger partial charge in [-0.1, -0.05) is 45.6 Å². The number of primary amides is 1. The molecule has 0 aromatic carbocycles. The van der Waals surface area contributed by atoms with Crippen molar-refractivity contribution in [3.63, 3.8) is 0 Å². The molecule has 0 aromatic heterocycles. The number of rotatable bonds is 9. The molecule has 3 heteroatoms. The Labute approximate surface area is 98.7 Å². The van der Waals surface area contributed by atoms with Crippen molar-refractivity contribution in [1.82, 2.24) is 0 Å². The van der Waals surface area contributed by atoms with Crippen molar-refractivity contribution < 1.29 is 9.90 Å². The molecule has 0 radical (unpaired) electrons. The highest BCUT2D eigenvalue weighted by Crippen LogP contribution is 2.18. The molecule has 0 rings (SSSR count). The number of unbranched alkanes of at least 4 members (excludes halogenated alkanes) is 3. The molecule has 0 saturated heterocycles. The van der Waals surface area contributed by atoms with Gasteiger partial charge in [0.15, 0.2) is 0 Å². The van der Waals surface area contributed by atoms with Gasteiger partial charge in [0, 0.05) is 11.5 Å². The summed E-state index contributed by atoms with van der Waals surface area (Å²) in [7, 11) is 0. The molecule has 0 spiro atoms. The van der Waals surface area contributed by atoms with Crippen LogP contribution >= 0.6 is 0 Å². The van der Waals surface area contributed by atoms with Crippen LogP contribution in [0.3, 0.4) is 0 Å². The van der Waals surface area contributed by atoms with Gasteiger partial charge in [-0.3, -0.25) is 4.79 Å². The van der Waals surface area contributed by atoms with Crippen molar-refractivity contribution in [3.05, 3.63) is 11.6 Å². The summed E-state index contributed by atoms with van der Waals surface area (Å²) in [5.41, 5.74) is 5.96. The Morgan fingerprint density at radius 1 is 1.31 bits per heavy atom. The molecule has 0 saturated carbocycles. The number of hydrogen-bond donors (Lipinski definition) is 2. The lowest BCUT2D eigenvalue weighted by Gasteiger charge is -2.15. The first-order valence-electron chi connectivity index (χ1n) is 6.28. The third-order valence-corrected chi connectivity index (χ3v) is 2.77. The number of hydrogen-bond acceptors (Lipinski definition) is 2. The highest BCUT2D eigenvalue weighted by Gasteiger charge is 2.17. The van der Waals surface area contributed by atoms with E-state index >= 15 is 0 Å². The Balaban J connectivity index is 4.45. The maximum atomic E-state index is 11.3. The van der Waals surface area contributed by atoms with Gasteiger partial charge in [0.05, 0.1) is 6.61 Å². The molecule has 94 valence electrons. The predicted molar refractivity (Wildman–Crippen MR) is 66.9 cm³/mol. The van der Waals surface area contributed by atoms with Crippen molar-refractivity contribution in [2.75, 3.05) is 6.61 Å². The van der Waals surface area contributed by atoms with Crippen LogP contribution < -0.4 is 5.73 Å². The molecule has 0 aliphatic carbocycles. The molecule has 0 bridgehead atoms. The maximum absolute atomic E-state index is 11.3. The first kappa shape index (κ1) is 15.2. The Kier molecular flexibility index (Phi) is 8.91. The van der Waals surface area contributed by atoms with E-state index in [1.165, 1.54) is 0 Å². The maximum Gasteiger partial charge on any atom is 0.244 e. The number of carbonyl (C=O) groups excluding carboxylic acids is 1. The Bertz CT molecular complexity index is 224. The predicted octanol–water partition coefficient (Wildman–Crippen LogP) is 2.39. The molecular weight excluding hydrogens is 202 g/mol. The van der Waals surface area contributed by atoms with Crippen molar-refractivity contribution in [2.45, 2.75) is 52.4 Å². The minimum atomic E-state index is -0.383. The van der Waals surface area contributed by atoms with E-state index in [0.717, 1.165) is 38.5 Å². The quantitative estimate of drug-likeness (QED) is 0.469. The van der Waals surface area contributed by atoms with Gasteiger partial charge in [0.25, 0.3) is 0 Å². The SMILES string of the molecule is CCCCC=C(C(N)=O)C(CO)CCCC. The molecule has 0 heterocycles. The lowest BCUT2D eigenvalue weighted by atomic mass is 9.92. The number of aliphatic hydroxyl groups is 1. The van der Waals surface area contributed by atoms with Gasteiger partial charge in [0.1, 0.15) is 0 Å². The van der Waals surface area contributed by atoms with Crippen LogP contribution in [0.1, 0.15) is 52.4 Å². The van der Waals surface area contributed by atoms with Crippen LogP contribution in [0, 0.1) is 5.92 Å². The fourth-order valence-corrected chi connectivity index (χ4v) is 1.73. The second kappa shape index (κ2) is 9.40. The van der Waals surface area contributed by atoms with Crippen LogP contribution in [0.4, 0.5) is 0 Å². The van der Waals surface area contributed by atoms with Crippen LogP contribution in [-0.4, -0.2) is 17.6 Å². The summed E-state index contributed by atoms with van der Waals surface area (Å²) in [5, 5.41) is 9.28. The fourth-order valence-electron chi connectivity index (χ4n) is 1.73. The number of aliphatic hydroxyl groups excluding tert-OH is 1. The summed E-state index contributed by atoms with van der Waals surface area (Å²) in [6.45, 7) is 4.22. The summed E-state index contributed by atoms with van der Waals surface area (Å²) in [5.74, 6) is -0.458. The number of nitrogens with two attached hydrogens (primary N) is 1. The molecule has 1 unspecified atom stereocenters. The van der Waals surface area contributed by atoms with E-state index in [4.69, 9.17) is 5.73 Å². The normalized spacial score (nSPS) is 13.8. The second-order valence-electron chi connectivity index (χ2n) is 4.19. The molecule has 0 aliphatic rings. The van der Waals surface area contributed by atoms with Crippen LogP contribution in [-0.2, 0) is 4.79 Å². The van der Waals surface area contributed by atoms with Crippen molar-refractivity contribution in [1.29, 1.82) is 0 Å². The zero-order valence-corrected chi connectivity index (χ0v) is 10.5. The standard InChI is InChI=1S/C13H25NO2/c1-3-5-7-9-12(13(14)16)11(10-15)8-6-4-2/h9,11,15H,3-8,10H2,1-2H3,(H2,14,16). The molecule has 1 amide bonds. The van der Waals surface area contributed by atoms with Gasteiger partial charge in [0.2, 0.25) is 5.91 Å². The molecule has 3 N–H and O–H groups in total. The van der Waals surface area contributed by atoms with E-state index in [9.17, 15) is 9.90 Å². The van der Waals surface area contributed by atoms with E-state index < -0.39 is 0 Å². The molecule has 16 heavy (non-hydrogen) atoms. The first-order valence-corrected chi connectivity index (χ1v) is 6.28. The Morgan fingerprint density at radius 2 is 1.94 bits per heavy atom. The van der Waals surface area contributed by atoms with E-state index in [0.29, 0.717) is 5.57 Å². The van der Waals surface area contributed by atoms with Crippen LogP contribution in [0.2, 0.25) is 0 Å². The summed E-state index contributed by atoms with van der Waals surface area (Å²) in [6, 6.07) is 0. The second-order valence-corrected chi connectivity index (χ2v) is 4.19. The van der Waals surface area contributed by atoms with Crippen molar-refractivity contribution in [2.24, 2.45) is 11.7 Å². The highest BCUT2D eigenvalue weighted by atomic mass is 16.3. The Morgan fingerprint density at radius 3 is 2.38 bits per heavy atom. The fraction of sp³-hybridized carbons (Fsp3) is 0.769. The molecule has 0 aromatic rings. The number of amides is 1. The lowest BCUT2D eigenvalue weighted by Crippen LogP contribution is -2.23. The van der Waals surface area contributed by atoms with Crippen LogP contribution in [0.5, 0.6) is 0 Å². The van der Waals surface area contributed by atoms with Crippen molar-refractivity contribution >= 4 is 5.91 Å². The molecule has 1 atom stereocenters. The van der Waals surface area contributed by atoms with Gasteiger partial charge in [-0.05, 0) is 12.8 Å². The first-order chi connectivity index (χ1) is 7.67. The highest BCUT2D eigenvalue weighted by molar-refractivity contribution is 5.92. The summed E-state index contributed by atoms with van der Waals surface area (Å²) in [6.07, 6.45) is 7.86. The lowest BCUT2D eigenvalue weighted by molar-refractivity contribution is -0.115. The minimum absolute atomic E-state index is 0.0148. The summed E-state index contributed by atoms with van der Waals surface area (Å²) < 4.78 is 0. The van der Waals surface area contributed by atoms with E-state index in [1.807, 2.05) is 6.08 Å². The van der Waals surface area contributed by atoms with Gasteiger partial charge in [-0.25, -0.2) is 0 Å². The largest absolute Gasteiger partial charge is 0.396 e. The molecule has 0 aliphatic heterocycles. The smallest absolute Gasteiger partial charge is 0.244 e. The molecular formula is C13H25NO2. The Hall–Kier alpha value is -0.830. The van der Waals surface area contributed by atoms with E-state index in [1.54, 1.807) is 0 Å². The van der Waals surface area contributed by atoms with Gasteiger partial charge < -0.3 is 10.8 Å². The van der Waals surface area contributed by atoms with Gasteiger partial charge >= 0.3 is 0 Å². The van der Waals surface area contributed by atoms with Gasteiger partial charge in [-0.15, -0.1) is 0 Å². The zero-order chi connectivity index (χ0) is 12.4. The van der Waals surface area contributed by atoms with E-state index in [2.05, 4.69) is 13.8 Å².